The minimum absolute atomic E-state index is 0.00342. The van der Waals surface area contributed by atoms with E-state index in [2.05, 4.69) is 5.32 Å². The minimum atomic E-state index is -0.344. The molecule has 0 bridgehead atoms. The molecule has 1 N–H and O–H groups in total. The number of ether oxygens (including phenoxy) is 1. The van der Waals surface area contributed by atoms with Crippen molar-refractivity contribution < 1.29 is 13.5 Å². The number of benzene rings is 2. The summed E-state index contributed by atoms with van der Waals surface area (Å²) in [6.45, 7) is 0. The van der Waals surface area contributed by atoms with Gasteiger partial charge < -0.3 is 10.1 Å². The number of thioether (sulfide) groups is 1. The molecule has 0 fully saturated rings. The van der Waals surface area contributed by atoms with Gasteiger partial charge in [0.05, 0.1) is 18.8 Å². The monoisotopic (exact) mass is 307 g/mol. The molecule has 21 heavy (non-hydrogen) atoms. The van der Waals surface area contributed by atoms with Gasteiger partial charge in [-0.25, -0.2) is 8.78 Å². The van der Waals surface area contributed by atoms with Gasteiger partial charge in [-0.15, -0.1) is 11.8 Å². The zero-order valence-corrected chi connectivity index (χ0v) is 12.3. The number of hydrogen-bond donors (Lipinski definition) is 1. The highest BCUT2D eigenvalue weighted by atomic mass is 32.2. The van der Waals surface area contributed by atoms with Crippen LogP contribution in [0.15, 0.2) is 41.3 Å². The molecule has 1 unspecified atom stereocenters. The fraction of sp³-hybridized carbons (Fsp3) is 0.250. The first-order valence-corrected chi connectivity index (χ1v) is 7.69. The third kappa shape index (κ3) is 2.83. The molecule has 2 aromatic carbocycles. The first-order chi connectivity index (χ1) is 10.2. The molecule has 1 aliphatic heterocycles. The van der Waals surface area contributed by atoms with Gasteiger partial charge in [0, 0.05) is 16.7 Å². The van der Waals surface area contributed by atoms with E-state index in [1.165, 1.54) is 37.1 Å². The highest BCUT2D eigenvalue weighted by Gasteiger charge is 2.23. The third-order valence-corrected chi connectivity index (χ3v) is 4.68. The van der Waals surface area contributed by atoms with Crippen molar-refractivity contribution in [2.75, 3.05) is 18.2 Å². The molecule has 1 atom stereocenters. The van der Waals surface area contributed by atoms with Crippen molar-refractivity contribution in [2.45, 2.75) is 17.4 Å². The largest absolute Gasteiger partial charge is 0.494 e. The van der Waals surface area contributed by atoms with Crippen LogP contribution in [0.4, 0.5) is 14.5 Å². The molecule has 110 valence electrons. The maximum Gasteiger partial charge on any atom is 0.144 e. The van der Waals surface area contributed by atoms with Gasteiger partial charge >= 0.3 is 0 Å². The third-order valence-electron chi connectivity index (χ3n) is 3.52. The van der Waals surface area contributed by atoms with Gasteiger partial charge in [-0.05, 0) is 30.2 Å². The number of nitrogens with one attached hydrogen (secondary N) is 1. The van der Waals surface area contributed by atoms with E-state index in [0.717, 1.165) is 17.7 Å². The van der Waals surface area contributed by atoms with E-state index in [1.54, 1.807) is 12.1 Å². The maximum atomic E-state index is 13.9. The van der Waals surface area contributed by atoms with Crippen molar-refractivity contribution in [3.8, 4) is 5.75 Å². The predicted molar refractivity (Wildman–Crippen MR) is 81.1 cm³/mol. The quantitative estimate of drug-likeness (QED) is 0.894. The van der Waals surface area contributed by atoms with Crippen LogP contribution in [0, 0.1) is 11.6 Å². The summed E-state index contributed by atoms with van der Waals surface area (Å²) in [4.78, 5) is 0.697. The van der Waals surface area contributed by atoms with E-state index in [9.17, 15) is 8.78 Å². The maximum absolute atomic E-state index is 13.9. The van der Waals surface area contributed by atoms with E-state index in [1.807, 2.05) is 6.07 Å². The van der Waals surface area contributed by atoms with Crippen LogP contribution >= 0.6 is 11.8 Å². The van der Waals surface area contributed by atoms with Gasteiger partial charge in [0.2, 0.25) is 0 Å². The summed E-state index contributed by atoms with van der Waals surface area (Å²) in [7, 11) is 1.50. The van der Waals surface area contributed by atoms with E-state index in [0.29, 0.717) is 16.3 Å². The molecule has 0 saturated heterocycles. The van der Waals surface area contributed by atoms with Crippen LogP contribution in [0.3, 0.4) is 0 Å². The molecular formula is C16H15F2NOS. The summed E-state index contributed by atoms with van der Waals surface area (Å²) >= 11 is 1.54. The van der Waals surface area contributed by atoms with Gasteiger partial charge in [-0.1, -0.05) is 12.1 Å². The Labute approximate surface area is 126 Å². The number of methoxy groups -OCH3 is 1. The number of fused-ring (bicyclic) bond motifs is 1. The second-order valence-corrected chi connectivity index (χ2v) is 5.94. The number of anilines is 1. The van der Waals surface area contributed by atoms with Gasteiger partial charge in [0.1, 0.15) is 17.4 Å². The van der Waals surface area contributed by atoms with Crippen LogP contribution in [0.1, 0.15) is 18.0 Å². The second kappa shape index (κ2) is 5.93. The van der Waals surface area contributed by atoms with Crippen LogP contribution in [0.25, 0.3) is 0 Å². The molecule has 1 heterocycles. The highest BCUT2D eigenvalue weighted by molar-refractivity contribution is 7.99. The standard InChI is InChI=1S/C16H15F2NOS/c1-20-15-9-10(17)5-6-14(15)19-13-7-8-21-16-11(13)3-2-4-12(16)18/h2-6,9,13,19H,7-8H2,1H3. The Morgan fingerprint density at radius 1 is 1.24 bits per heavy atom. The molecule has 0 aliphatic carbocycles. The summed E-state index contributed by atoms with van der Waals surface area (Å²) in [6.07, 6.45) is 0.877. The minimum Gasteiger partial charge on any atom is -0.494 e. The molecule has 0 saturated carbocycles. The van der Waals surface area contributed by atoms with Crippen LogP contribution in [-0.2, 0) is 0 Å². The molecule has 0 spiro atoms. The molecular weight excluding hydrogens is 292 g/mol. The van der Waals surface area contributed by atoms with Gasteiger partial charge in [-0.2, -0.15) is 0 Å². The summed E-state index contributed by atoms with van der Waals surface area (Å²) < 4.78 is 32.3. The lowest BCUT2D eigenvalue weighted by Gasteiger charge is -2.27. The van der Waals surface area contributed by atoms with Crippen molar-refractivity contribution in [3.63, 3.8) is 0 Å². The van der Waals surface area contributed by atoms with Crippen molar-refractivity contribution in [2.24, 2.45) is 0 Å². The van der Waals surface area contributed by atoms with Crippen molar-refractivity contribution >= 4 is 17.4 Å². The van der Waals surface area contributed by atoms with Gasteiger partial charge in [0.25, 0.3) is 0 Å². The zero-order valence-electron chi connectivity index (χ0n) is 11.5. The van der Waals surface area contributed by atoms with Crippen molar-refractivity contribution in [3.05, 3.63) is 53.6 Å². The summed E-state index contributed by atoms with van der Waals surface area (Å²) in [5.74, 6) is 0.763. The molecule has 1 aliphatic rings. The summed E-state index contributed by atoms with van der Waals surface area (Å²) in [5.41, 5.74) is 1.66. The Hall–Kier alpha value is -1.75. The van der Waals surface area contributed by atoms with Crippen LogP contribution in [-0.4, -0.2) is 12.9 Å². The zero-order chi connectivity index (χ0) is 14.8. The fourth-order valence-corrected chi connectivity index (χ4v) is 3.65. The van der Waals surface area contributed by atoms with Crippen molar-refractivity contribution in [1.29, 1.82) is 0 Å². The molecule has 0 aromatic heterocycles. The highest BCUT2D eigenvalue weighted by Crippen LogP contribution is 2.40. The molecule has 5 heteroatoms. The average Bonchev–Trinajstić information content (AvgIpc) is 2.50. The lowest BCUT2D eigenvalue weighted by atomic mass is 10.0. The number of hydrogen-bond acceptors (Lipinski definition) is 3. The smallest absolute Gasteiger partial charge is 0.144 e. The Balaban J connectivity index is 1.92. The van der Waals surface area contributed by atoms with E-state index >= 15 is 0 Å². The topological polar surface area (TPSA) is 21.3 Å². The molecule has 2 nitrogen and oxygen atoms in total. The molecule has 0 radical (unpaired) electrons. The van der Waals surface area contributed by atoms with E-state index < -0.39 is 0 Å². The van der Waals surface area contributed by atoms with Crippen LogP contribution in [0.5, 0.6) is 5.75 Å². The Kier molecular flexibility index (Phi) is 4.01. The van der Waals surface area contributed by atoms with Crippen LogP contribution in [0.2, 0.25) is 0 Å². The molecule has 3 rings (SSSR count). The number of halogens is 2. The average molecular weight is 307 g/mol. The summed E-state index contributed by atoms with van der Waals surface area (Å²) in [6, 6.07) is 9.49. The lowest BCUT2D eigenvalue weighted by molar-refractivity contribution is 0.412. The van der Waals surface area contributed by atoms with E-state index in [-0.39, 0.29) is 17.7 Å². The Bertz CT molecular complexity index is 663. The van der Waals surface area contributed by atoms with Gasteiger partial charge in [0.15, 0.2) is 0 Å². The van der Waals surface area contributed by atoms with Gasteiger partial charge in [-0.3, -0.25) is 0 Å². The van der Waals surface area contributed by atoms with E-state index in [4.69, 9.17) is 4.74 Å². The molecule has 0 amide bonds. The Morgan fingerprint density at radius 3 is 2.90 bits per heavy atom. The summed E-state index contributed by atoms with van der Waals surface area (Å²) in [5, 5.41) is 3.34. The first kappa shape index (κ1) is 14.2. The van der Waals surface area contributed by atoms with Crippen LogP contribution < -0.4 is 10.1 Å². The predicted octanol–water partition coefficient (Wildman–Crippen LogP) is 4.62. The molecule has 2 aromatic rings. The first-order valence-electron chi connectivity index (χ1n) is 6.70. The second-order valence-electron chi connectivity index (χ2n) is 4.84. The fourth-order valence-electron chi connectivity index (χ4n) is 2.51. The normalized spacial score (nSPS) is 17.2. The number of rotatable bonds is 3. The SMILES string of the molecule is COc1cc(F)ccc1NC1CCSc2c(F)cccc21. The van der Waals surface area contributed by atoms with Crippen molar-refractivity contribution in [1.82, 2.24) is 0 Å². The Morgan fingerprint density at radius 2 is 2.10 bits per heavy atom. The lowest BCUT2D eigenvalue weighted by Crippen LogP contribution is -2.17.